The molecule has 0 amide bonds. The van der Waals surface area contributed by atoms with Gasteiger partial charge in [0.25, 0.3) is 0 Å². The molecule has 0 saturated carbocycles. The summed E-state index contributed by atoms with van der Waals surface area (Å²) in [6, 6.07) is 4.68. The van der Waals surface area contributed by atoms with Gasteiger partial charge < -0.3 is 5.32 Å². The third kappa shape index (κ3) is 4.15. The maximum absolute atomic E-state index is 13.6. The molecule has 1 fully saturated rings. The smallest absolute Gasteiger partial charge is 0.211 e. The number of hydrogen-bond acceptors (Lipinski definition) is 3. The lowest BCUT2D eigenvalue weighted by molar-refractivity contribution is 0.289. The van der Waals surface area contributed by atoms with Crippen molar-refractivity contribution in [3.63, 3.8) is 0 Å². The highest BCUT2D eigenvalue weighted by molar-refractivity contribution is 7.88. The highest BCUT2D eigenvalue weighted by Gasteiger charge is 2.24. The highest BCUT2D eigenvalue weighted by Crippen LogP contribution is 2.17. The molecule has 4 nitrogen and oxygen atoms in total. The first-order valence-electron chi connectivity index (χ1n) is 6.48. The number of nitrogens with zero attached hydrogens (tertiary/aromatic N) is 1. The Kier molecular flexibility index (Phi) is 5.01. The van der Waals surface area contributed by atoms with Crippen LogP contribution in [0, 0.1) is 5.82 Å². The Labute approximate surface area is 124 Å². The van der Waals surface area contributed by atoms with E-state index in [0.717, 1.165) is 12.8 Å². The lowest BCUT2D eigenvalue weighted by Crippen LogP contribution is -2.44. The summed E-state index contributed by atoms with van der Waals surface area (Å²) in [4.78, 5) is 0. The number of benzene rings is 1. The molecule has 112 valence electrons. The Bertz CT molecular complexity index is 572. The standard InChI is InChI=1S/C13H18ClFN2O2S/c1-20(18,19)17-6-4-12(5-7-17)16-9-10-8-11(14)2-3-13(10)15/h2-3,8,12,16H,4-7,9H2,1H3. The van der Waals surface area contributed by atoms with Crippen molar-refractivity contribution in [2.24, 2.45) is 0 Å². The summed E-state index contributed by atoms with van der Waals surface area (Å²) in [5, 5.41) is 3.77. The lowest BCUT2D eigenvalue weighted by Gasteiger charge is -2.30. The molecule has 20 heavy (non-hydrogen) atoms. The van der Waals surface area contributed by atoms with Crippen molar-refractivity contribution in [3.8, 4) is 0 Å². The molecule has 0 radical (unpaired) electrons. The van der Waals surface area contributed by atoms with Crippen LogP contribution in [0.2, 0.25) is 5.02 Å². The van der Waals surface area contributed by atoms with E-state index < -0.39 is 10.0 Å². The molecule has 1 aromatic carbocycles. The molecule has 1 aromatic rings. The van der Waals surface area contributed by atoms with Gasteiger partial charge in [0.1, 0.15) is 5.82 Å². The Hall–Kier alpha value is -0.690. The second-order valence-electron chi connectivity index (χ2n) is 5.05. The molecule has 7 heteroatoms. The van der Waals surface area contributed by atoms with Gasteiger partial charge in [0, 0.05) is 36.3 Å². The third-order valence-electron chi connectivity index (χ3n) is 3.51. The molecule has 0 aromatic heterocycles. The predicted molar refractivity (Wildman–Crippen MR) is 77.7 cm³/mol. The summed E-state index contributed by atoms with van der Waals surface area (Å²) in [6.07, 6.45) is 2.69. The van der Waals surface area contributed by atoms with Crippen LogP contribution in [0.1, 0.15) is 18.4 Å². The summed E-state index contributed by atoms with van der Waals surface area (Å²) in [7, 11) is -3.10. The second kappa shape index (κ2) is 6.39. The molecular weight excluding hydrogens is 303 g/mol. The average molecular weight is 321 g/mol. The first-order chi connectivity index (χ1) is 9.36. The van der Waals surface area contributed by atoms with Crippen molar-refractivity contribution < 1.29 is 12.8 Å². The monoisotopic (exact) mass is 320 g/mol. The summed E-state index contributed by atoms with van der Waals surface area (Å²) >= 11 is 5.84. The molecular formula is C13H18ClFN2O2S. The normalized spacial score (nSPS) is 18.4. The second-order valence-corrected chi connectivity index (χ2v) is 7.47. The zero-order valence-corrected chi connectivity index (χ0v) is 12.8. The van der Waals surface area contributed by atoms with Crippen LogP contribution in [-0.2, 0) is 16.6 Å². The van der Waals surface area contributed by atoms with E-state index in [0.29, 0.717) is 30.2 Å². The van der Waals surface area contributed by atoms with Crippen LogP contribution in [0.3, 0.4) is 0 Å². The summed E-state index contributed by atoms with van der Waals surface area (Å²) in [5.41, 5.74) is 0.531. The maximum Gasteiger partial charge on any atom is 0.211 e. The minimum absolute atomic E-state index is 0.200. The first kappa shape index (κ1) is 15.7. The first-order valence-corrected chi connectivity index (χ1v) is 8.71. The number of hydrogen-bond donors (Lipinski definition) is 1. The quantitative estimate of drug-likeness (QED) is 0.923. The van der Waals surface area contributed by atoms with Crippen molar-refractivity contribution in [1.29, 1.82) is 0 Å². The number of nitrogens with one attached hydrogen (secondary N) is 1. The minimum atomic E-state index is -3.10. The molecule has 1 heterocycles. The van der Waals surface area contributed by atoms with Gasteiger partial charge in [-0.15, -0.1) is 0 Å². The van der Waals surface area contributed by atoms with E-state index in [-0.39, 0.29) is 11.9 Å². The molecule has 1 aliphatic rings. The van der Waals surface area contributed by atoms with E-state index in [1.165, 1.54) is 22.7 Å². The fraction of sp³-hybridized carbons (Fsp3) is 0.538. The van der Waals surface area contributed by atoms with Gasteiger partial charge in [0.2, 0.25) is 10.0 Å². The molecule has 0 atom stereocenters. The Morgan fingerprint density at radius 1 is 1.40 bits per heavy atom. The Balaban J connectivity index is 1.86. The van der Waals surface area contributed by atoms with Crippen molar-refractivity contribution in [2.45, 2.75) is 25.4 Å². The molecule has 0 spiro atoms. The Morgan fingerprint density at radius 3 is 2.65 bits per heavy atom. The van der Waals surface area contributed by atoms with E-state index in [1.54, 1.807) is 6.07 Å². The van der Waals surface area contributed by atoms with E-state index in [4.69, 9.17) is 11.6 Å². The van der Waals surface area contributed by atoms with Gasteiger partial charge in [-0.3, -0.25) is 0 Å². The van der Waals surface area contributed by atoms with Crippen molar-refractivity contribution in [2.75, 3.05) is 19.3 Å². The maximum atomic E-state index is 13.6. The minimum Gasteiger partial charge on any atom is -0.310 e. The van der Waals surface area contributed by atoms with Crippen LogP contribution in [-0.4, -0.2) is 38.1 Å². The predicted octanol–water partition coefficient (Wildman–Crippen LogP) is 1.99. The zero-order valence-electron chi connectivity index (χ0n) is 11.3. The van der Waals surface area contributed by atoms with Gasteiger partial charge in [0.05, 0.1) is 6.26 Å². The molecule has 2 rings (SSSR count). The van der Waals surface area contributed by atoms with Gasteiger partial charge in [-0.25, -0.2) is 17.1 Å². The lowest BCUT2D eigenvalue weighted by atomic mass is 10.1. The van der Waals surface area contributed by atoms with E-state index >= 15 is 0 Å². The van der Waals surface area contributed by atoms with Crippen LogP contribution in [0.5, 0.6) is 0 Å². The third-order valence-corrected chi connectivity index (χ3v) is 5.05. The van der Waals surface area contributed by atoms with E-state index in [9.17, 15) is 12.8 Å². The van der Waals surface area contributed by atoms with Gasteiger partial charge in [-0.05, 0) is 31.0 Å². The van der Waals surface area contributed by atoms with Gasteiger partial charge in [-0.1, -0.05) is 11.6 Å². The molecule has 0 aliphatic carbocycles. The molecule has 1 N–H and O–H groups in total. The van der Waals surface area contributed by atoms with Crippen LogP contribution in [0.4, 0.5) is 4.39 Å². The summed E-state index contributed by atoms with van der Waals surface area (Å²) < 4.78 is 37.8. The SMILES string of the molecule is CS(=O)(=O)N1CCC(NCc2cc(Cl)ccc2F)CC1. The van der Waals surface area contributed by atoms with Gasteiger partial charge in [-0.2, -0.15) is 0 Å². The summed E-state index contributed by atoms with van der Waals surface area (Å²) in [5.74, 6) is -0.282. The zero-order chi connectivity index (χ0) is 14.8. The molecule has 1 saturated heterocycles. The summed E-state index contributed by atoms with van der Waals surface area (Å²) in [6.45, 7) is 1.42. The van der Waals surface area contributed by atoms with Crippen molar-refractivity contribution in [1.82, 2.24) is 9.62 Å². The number of rotatable bonds is 4. The van der Waals surface area contributed by atoms with Crippen LogP contribution in [0.25, 0.3) is 0 Å². The van der Waals surface area contributed by atoms with Crippen LogP contribution in [0.15, 0.2) is 18.2 Å². The van der Waals surface area contributed by atoms with Crippen LogP contribution >= 0.6 is 11.6 Å². The van der Waals surface area contributed by atoms with Crippen molar-refractivity contribution in [3.05, 3.63) is 34.6 Å². The van der Waals surface area contributed by atoms with E-state index in [2.05, 4.69) is 5.32 Å². The fourth-order valence-corrected chi connectivity index (χ4v) is 3.39. The van der Waals surface area contributed by atoms with Crippen molar-refractivity contribution >= 4 is 21.6 Å². The Morgan fingerprint density at radius 2 is 2.05 bits per heavy atom. The fourth-order valence-electron chi connectivity index (χ4n) is 2.32. The van der Waals surface area contributed by atoms with Crippen LogP contribution < -0.4 is 5.32 Å². The number of sulfonamides is 1. The van der Waals surface area contributed by atoms with Gasteiger partial charge in [0.15, 0.2) is 0 Å². The highest BCUT2D eigenvalue weighted by atomic mass is 35.5. The van der Waals surface area contributed by atoms with E-state index in [1.807, 2.05) is 0 Å². The number of piperidine rings is 1. The average Bonchev–Trinajstić information content (AvgIpc) is 2.39. The molecule has 0 unspecified atom stereocenters. The molecule has 1 aliphatic heterocycles. The molecule has 0 bridgehead atoms. The number of halogens is 2. The topological polar surface area (TPSA) is 49.4 Å². The van der Waals surface area contributed by atoms with Gasteiger partial charge >= 0.3 is 0 Å². The largest absolute Gasteiger partial charge is 0.310 e.